The minimum absolute atomic E-state index is 0.00488. The lowest BCUT2D eigenvalue weighted by atomic mass is 9.68. The van der Waals surface area contributed by atoms with E-state index in [-0.39, 0.29) is 12.2 Å². The molecule has 0 amide bonds. The molecule has 3 heteroatoms. The van der Waals surface area contributed by atoms with E-state index < -0.39 is 0 Å². The Morgan fingerprint density at radius 1 is 1.24 bits per heavy atom. The molecule has 1 N–H and O–H groups in total. The Labute approximate surface area is 105 Å². The van der Waals surface area contributed by atoms with Gasteiger partial charge in [-0.15, -0.1) is 0 Å². The second-order valence-electron chi connectivity index (χ2n) is 5.82. The molecule has 1 rings (SSSR count). The summed E-state index contributed by atoms with van der Waals surface area (Å²) in [5.74, 6) is 0.656. The lowest BCUT2D eigenvalue weighted by molar-refractivity contribution is -0.0940. The molecule has 1 saturated carbocycles. The Hall–Kier alpha value is -0.120. The molecule has 3 nitrogen and oxygen atoms in total. The van der Waals surface area contributed by atoms with Crippen molar-refractivity contribution in [1.29, 1.82) is 0 Å². The summed E-state index contributed by atoms with van der Waals surface area (Å²) in [6, 6.07) is 0. The average molecular weight is 244 g/mol. The smallest absolute Gasteiger partial charge is 0.0837 e. The Balaban J connectivity index is 2.47. The molecule has 0 spiro atoms. The van der Waals surface area contributed by atoms with Gasteiger partial charge in [0.25, 0.3) is 0 Å². The van der Waals surface area contributed by atoms with Crippen LogP contribution >= 0.6 is 0 Å². The fourth-order valence-corrected chi connectivity index (χ4v) is 2.57. The van der Waals surface area contributed by atoms with Gasteiger partial charge in [0.05, 0.1) is 25.4 Å². The maximum Gasteiger partial charge on any atom is 0.0837 e. The van der Waals surface area contributed by atoms with Gasteiger partial charge in [-0.25, -0.2) is 0 Å². The Morgan fingerprint density at radius 2 is 1.94 bits per heavy atom. The second-order valence-corrected chi connectivity index (χ2v) is 5.82. The molecule has 0 heterocycles. The van der Waals surface area contributed by atoms with Crippen LogP contribution in [0.1, 0.15) is 46.5 Å². The number of rotatable bonds is 6. The molecule has 3 unspecified atom stereocenters. The van der Waals surface area contributed by atoms with Gasteiger partial charge >= 0.3 is 0 Å². The van der Waals surface area contributed by atoms with E-state index in [0.717, 1.165) is 19.3 Å². The molecular weight excluding hydrogens is 216 g/mol. The number of hydrogen-bond acceptors (Lipinski definition) is 3. The normalized spacial score (nSPS) is 30.5. The first kappa shape index (κ1) is 14.9. The van der Waals surface area contributed by atoms with Crippen LogP contribution in [0.15, 0.2) is 0 Å². The molecule has 0 aromatic rings. The first-order valence-corrected chi connectivity index (χ1v) is 6.80. The highest BCUT2D eigenvalue weighted by Crippen LogP contribution is 2.41. The number of aliphatic hydroxyl groups is 1. The molecular formula is C14H28O3. The van der Waals surface area contributed by atoms with Gasteiger partial charge in [0.1, 0.15) is 0 Å². The third-order valence-corrected chi connectivity index (χ3v) is 4.39. The topological polar surface area (TPSA) is 38.7 Å². The number of ether oxygens (including phenoxy) is 2. The molecule has 1 aliphatic rings. The Morgan fingerprint density at radius 3 is 2.53 bits per heavy atom. The number of methoxy groups -OCH3 is 1. The van der Waals surface area contributed by atoms with E-state index in [1.165, 1.54) is 6.42 Å². The van der Waals surface area contributed by atoms with Crippen molar-refractivity contribution in [2.75, 3.05) is 20.3 Å². The first-order chi connectivity index (χ1) is 8.01. The minimum Gasteiger partial charge on any atom is -0.390 e. The van der Waals surface area contributed by atoms with E-state index in [9.17, 15) is 5.11 Å². The summed E-state index contributed by atoms with van der Waals surface area (Å²) >= 11 is 0. The molecule has 0 aromatic heterocycles. The van der Waals surface area contributed by atoms with Crippen molar-refractivity contribution in [2.24, 2.45) is 11.3 Å². The molecule has 1 fully saturated rings. The second kappa shape index (κ2) is 6.72. The van der Waals surface area contributed by atoms with E-state index in [1.807, 2.05) is 0 Å². The van der Waals surface area contributed by atoms with Crippen LogP contribution in [0.3, 0.4) is 0 Å². The summed E-state index contributed by atoms with van der Waals surface area (Å²) in [6.07, 6.45) is 3.84. The lowest BCUT2D eigenvalue weighted by Gasteiger charge is -2.41. The van der Waals surface area contributed by atoms with Gasteiger partial charge < -0.3 is 14.6 Å². The monoisotopic (exact) mass is 244 g/mol. The van der Waals surface area contributed by atoms with Crippen molar-refractivity contribution in [1.82, 2.24) is 0 Å². The quantitative estimate of drug-likeness (QED) is 0.730. The van der Waals surface area contributed by atoms with Gasteiger partial charge in [-0.3, -0.25) is 0 Å². The van der Waals surface area contributed by atoms with Crippen molar-refractivity contribution in [3.8, 4) is 0 Å². The summed E-state index contributed by atoms with van der Waals surface area (Å²) in [5.41, 5.74) is 0.350. The maximum atomic E-state index is 9.96. The molecule has 0 bridgehead atoms. The van der Waals surface area contributed by atoms with Crippen molar-refractivity contribution < 1.29 is 14.6 Å². The van der Waals surface area contributed by atoms with Gasteiger partial charge in [0.15, 0.2) is 0 Å². The molecule has 0 aromatic carbocycles. The van der Waals surface area contributed by atoms with Crippen LogP contribution in [0, 0.1) is 11.3 Å². The van der Waals surface area contributed by atoms with Crippen molar-refractivity contribution in [3.63, 3.8) is 0 Å². The zero-order valence-corrected chi connectivity index (χ0v) is 11.7. The number of aliphatic hydroxyl groups excluding tert-OH is 1. The predicted molar refractivity (Wildman–Crippen MR) is 69.0 cm³/mol. The Bertz CT molecular complexity index is 216. The van der Waals surface area contributed by atoms with Gasteiger partial charge in [0, 0.05) is 7.11 Å². The average Bonchev–Trinajstić information content (AvgIpc) is 2.31. The highest BCUT2D eigenvalue weighted by Gasteiger charge is 2.36. The molecule has 0 radical (unpaired) electrons. The third-order valence-electron chi connectivity index (χ3n) is 4.39. The summed E-state index contributed by atoms with van der Waals surface area (Å²) in [7, 11) is 1.67. The van der Waals surface area contributed by atoms with E-state index >= 15 is 0 Å². The Kier molecular flexibility index (Phi) is 5.90. The van der Waals surface area contributed by atoms with Crippen molar-refractivity contribution in [3.05, 3.63) is 0 Å². The zero-order valence-electron chi connectivity index (χ0n) is 11.7. The molecule has 17 heavy (non-hydrogen) atoms. The van der Waals surface area contributed by atoms with Crippen LogP contribution in [0.5, 0.6) is 0 Å². The predicted octanol–water partition coefficient (Wildman–Crippen LogP) is 2.62. The van der Waals surface area contributed by atoms with Gasteiger partial charge in [0.2, 0.25) is 0 Å². The van der Waals surface area contributed by atoms with E-state index in [2.05, 4.69) is 20.8 Å². The lowest BCUT2D eigenvalue weighted by Crippen LogP contribution is -2.40. The zero-order chi connectivity index (χ0) is 12.9. The minimum atomic E-state index is -0.296. The standard InChI is InChI=1S/C14H28O3/c1-5-14(2,3)11-6-7-12(15)13(10-11)17-9-8-16-4/h11-13,15H,5-10H2,1-4H3. The summed E-state index contributed by atoms with van der Waals surface area (Å²) in [4.78, 5) is 0. The van der Waals surface area contributed by atoms with E-state index in [4.69, 9.17) is 9.47 Å². The third kappa shape index (κ3) is 4.23. The largest absolute Gasteiger partial charge is 0.390 e. The summed E-state index contributed by atoms with van der Waals surface area (Å²) < 4.78 is 10.7. The number of hydrogen-bond donors (Lipinski definition) is 1. The van der Waals surface area contributed by atoms with Gasteiger partial charge in [-0.2, -0.15) is 0 Å². The van der Waals surface area contributed by atoms with E-state index in [0.29, 0.717) is 24.5 Å². The fourth-order valence-electron chi connectivity index (χ4n) is 2.57. The van der Waals surface area contributed by atoms with Crippen LogP contribution in [0.25, 0.3) is 0 Å². The van der Waals surface area contributed by atoms with Crippen LogP contribution in [0.2, 0.25) is 0 Å². The molecule has 3 atom stereocenters. The highest BCUT2D eigenvalue weighted by molar-refractivity contribution is 4.87. The van der Waals surface area contributed by atoms with E-state index in [1.54, 1.807) is 7.11 Å². The van der Waals surface area contributed by atoms with Gasteiger partial charge in [-0.1, -0.05) is 27.2 Å². The maximum absolute atomic E-state index is 9.96. The highest BCUT2D eigenvalue weighted by atomic mass is 16.5. The summed E-state index contributed by atoms with van der Waals surface area (Å²) in [6.45, 7) is 8.07. The molecule has 102 valence electrons. The van der Waals surface area contributed by atoms with Crippen LogP contribution in [-0.4, -0.2) is 37.6 Å². The summed E-state index contributed by atoms with van der Waals surface area (Å²) in [5, 5.41) is 9.96. The van der Waals surface area contributed by atoms with Crippen LogP contribution in [0.4, 0.5) is 0 Å². The van der Waals surface area contributed by atoms with Crippen molar-refractivity contribution in [2.45, 2.75) is 58.7 Å². The first-order valence-electron chi connectivity index (χ1n) is 6.80. The van der Waals surface area contributed by atoms with Gasteiger partial charge in [-0.05, 0) is 30.6 Å². The van der Waals surface area contributed by atoms with Crippen LogP contribution in [-0.2, 0) is 9.47 Å². The van der Waals surface area contributed by atoms with Crippen molar-refractivity contribution >= 4 is 0 Å². The molecule has 1 aliphatic carbocycles. The molecule has 0 aliphatic heterocycles. The SMILES string of the molecule is CCC(C)(C)C1CCC(O)C(OCCOC)C1. The fraction of sp³-hybridized carbons (Fsp3) is 1.00. The molecule has 0 saturated heterocycles. The van der Waals surface area contributed by atoms with Crippen LogP contribution < -0.4 is 0 Å².